The van der Waals surface area contributed by atoms with Gasteiger partial charge in [-0.1, -0.05) is 6.07 Å². The van der Waals surface area contributed by atoms with Crippen LogP contribution in [0.1, 0.15) is 16.5 Å². The van der Waals surface area contributed by atoms with Crippen LogP contribution in [0, 0.1) is 0 Å². The summed E-state index contributed by atoms with van der Waals surface area (Å²) < 4.78 is 16.1. The van der Waals surface area contributed by atoms with Crippen molar-refractivity contribution in [3.8, 4) is 17.2 Å². The first-order chi connectivity index (χ1) is 9.28. The van der Waals surface area contributed by atoms with E-state index in [1.807, 2.05) is 29.6 Å². The summed E-state index contributed by atoms with van der Waals surface area (Å²) >= 11 is 1.47. The lowest BCUT2D eigenvalue weighted by atomic mass is 10.1. The van der Waals surface area contributed by atoms with Crippen molar-refractivity contribution in [2.45, 2.75) is 6.10 Å². The molecule has 2 heterocycles. The molecule has 19 heavy (non-hydrogen) atoms. The molecule has 1 atom stereocenters. The molecule has 0 bridgehead atoms. The Kier molecular flexibility index (Phi) is 3.31. The molecule has 0 aliphatic carbocycles. The van der Waals surface area contributed by atoms with E-state index in [0.29, 0.717) is 19.0 Å². The van der Waals surface area contributed by atoms with E-state index >= 15 is 0 Å². The Hall–Kier alpha value is -1.72. The minimum Gasteiger partial charge on any atom is -0.496 e. The fourth-order valence-corrected chi connectivity index (χ4v) is 2.84. The van der Waals surface area contributed by atoms with Crippen LogP contribution in [-0.4, -0.2) is 25.4 Å². The van der Waals surface area contributed by atoms with Crippen LogP contribution in [0.2, 0.25) is 0 Å². The molecular weight excluding hydrogens is 264 g/mol. The molecule has 0 saturated carbocycles. The maximum absolute atomic E-state index is 10.4. The van der Waals surface area contributed by atoms with E-state index in [0.717, 1.165) is 21.9 Å². The van der Waals surface area contributed by atoms with Crippen molar-refractivity contribution >= 4 is 11.3 Å². The molecule has 1 aromatic heterocycles. The molecule has 1 aliphatic rings. The summed E-state index contributed by atoms with van der Waals surface area (Å²) in [7, 11) is 1.61. The average molecular weight is 278 g/mol. The largest absolute Gasteiger partial charge is 0.496 e. The predicted octanol–water partition coefficient (Wildman–Crippen LogP) is 2.61. The van der Waals surface area contributed by atoms with E-state index in [-0.39, 0.29) is 0 Å². The molecule has 1 N–H and O–H groups in total. The van der Waals surface area contributed by atoms with Crippen molar-refractivity contribution in [1.29, 1.82) is 0 Å². The number of hydrogen-bond acceptors (Lipinski definition) is 5. The maximum atomic E-state index is 10.4. The molecule has 1 unspecified atom stereocenters. The fourth-order valence-electron chi connectivity index (χ4n) is 1.98. The average Bonchev–Trinajstić information content (AvgIpc) is 2.95. The quantitative estimate of drug-likeness (QED) is 0.937. The van der Waals surface area contributed by atoms with Crippen LogP contribution in [-0.2, 0) is 0 Å². The molecule has 0 spiro atoms. The summed E-state index contributed by atoms with van der Waals surface area (Å²) in [4.78, 5) is 0.841. The highest BCUT2D eigenvalue weighted by atomic mass is 32.1. The zero-order chi connectivity index (χ0) is 13.2. The van der Waals surface area contributed by atoms with Crippen molar-refractivity contribution in [2.75, 3.05) is 20.3 Å². The molecule has 5 heteroatoms. The van der Waals surface area contributed by atoms with Gasteiger partial charge in [-0.2, -0.15) is 0 Å². The van der Waals surface area contributed by atoms with Crippen molar-refractivity contribution in [2.24, 2.45) is 0 Å². The van der Waals surface area contributed by atoms with Crippen molar-refractivity contribution < 1.29 is 19.3 Å². The van der Waals surface area contributed by atoms with Crippen LogP contribution in [0.25, 0.3) is 0 Å². The summed E-state index contributed by atoms with van der Waals surface area (Å²) in [5, 5.41) is 12.2. The minimum atomic E-state index is -0.676. The van der Waals surface area contributed by atoms with E-state index in [4.69, 9.17) is 14.2 Å². The van der Waals surface area contributed by atoms with Gasteiger partial charge < -0.3 is 19.3 Å². The van der Waals surface area contributed by atoms with Gasteiger partial charge in [0.05, 0.1) is 7.11 Å². The third-order valence-corrected chi connectivity index (χ3v) is 3.95. The molecule has 100 valence electrons. The van der Waals surface area contributed by atoms with E-state index in [1.54, 1.807) is 7.11 Å². The number of benzene rings is 1. The van der Waals surface area contributed by atoms with Gasteiger partial charge in [0.1, 0.15) is 25.1 Å². The van der Waals surface area contributed by atoms with Crippen molar-refractivity contribution in [3.63, 3.8) is 0 Å². The van der Waals surface area contributed by atoms with E-state index in [2.05, 4.69) is 0 Å². The molecule has 3 rings (SSSR count). The van der Waals surface area contributed by atoms with Gasteiger partial charge >= 0.3 is 0 Å². The van der Waals surface area contributed by atoms with Crippen LogP contribution >= 0.6 is 11.3 Å². The van der Waals surface area contributed by atoms with Crippen LogP contribution < -0.4 is 14.2 Å². The Morgan fingerprint density at radius 3 is 2.74 bits per heavy atom. The highest BCUT2D eigenvalue weighted by Crippen LogP contribution is 2.36. The second-order valence-electron chi connectivity index (χ2n) is 4.19. The third-order valence-electron chi connectivity index (χ3n) is 2.98. The predicted molar refractivity (Wildman–Crippen MR) is 72.4 cm³/mol. The Bertz CT molecular complexity index is 579. The van der Waals surface area contributed by atoms with E-state index < -0.39 is 6.10 Å². The second kappa shape index (κ2) is 5.11. The van der Waals surface area contributed by atoms with Gasteiger partial charge in [-0.3, -0.25) is 0 Å². The summed E-state index contributed by atoms with van der Waals surface area (Å²) in [5.41, 5.74) is 0.786. The Morgan fingerprint density at radius 2 is 2.00 bits per heavy atom. The Labute approximate surface area is 115 Å². The smallest absolute Gasteiger partial charge is 0.161 e. The normalized spacial score (nSPS) is 15.1. The van der Waals surface area contributed by atoms with Crippen LogP contribution in [0.3, 0.4) is 0 Å². The molecule has 4 nitrogen and oxygen atoms in total. The second-order valence-corrected chi connectivity index (χ2v) is 5.14. The first-order valence-electron chi connectivity index (χ1n) is 5.98. The van der Waals surface area contributed by atoms with Crippen LogP contribution in [0.15, 0.2) is 29.6 Å². The lowest BCUT2D eigenvalue weighted by Crippen LogP contribution is -2.15. The number of ether oxygens (including phenoxy) is 3. The molecule has 1 aliphatic heterocycles. The van der Waals surface area contributed by atoms with E-state index in [9.17, 15) is 5.11 Å². The highest BCUT2D eigenvalue weighted by molar-refractivity contribution is 7.10. The zero-order valence-electron chi connectivity index (χ0n) is 10.5. The van der Waals surface area contributed by atoms with Gasteiger partial charge in [0.25, 0.3) is 0 Å². The first kappa shape index (κ1) is 12.3. The lowest BCUT2D eigenvalue weighted by Gasteiger charge is -2.20. The molecular formula is C14H14O4S. The summed E-state index contributed by atoms with van der Waals surface area (Å²) in [6.45, 7) is 1.11. The Morgan fingerprint density at radius 1 is 1.21 bits per heavy atom. The van der Waals surface area contributed by atoms with Crippen LogP contribution in [0.4, 0.5) is 0 Å². The van der Waals surface area contributed by atoms with Gasteiger partial charge in [0.2, 0.25) is 0 Å². The Balaban J connectivity index is 1.88. The molecule has 2 aromatic rings. The molecule has 0 radical (unpaired) electrons. The number of aliphatic hydroxyl groups excluding tert-OH is 1. The zero-order valence-corrected chi connectivity index (χ0v) is 11.3. The number of rotatable bonds is 3. The fraction of sp³-hybridized carbons (Fsp3) is 0.286. The first-order valence-corrected chi connectivity index (χ1v) is 6.86. The molecule has 0 saturated heterocycles. The minimum absolute atomic E-state index is 0.541. The van der Waals surface area contributed by atoms with Crippen molar-refractivity contribution in [3.05, 3.63) is 40.1 Å². The molecule has 0 amide bonds. The van der Waals surface area contributed by atoms with Gasteiger partial charge in [0.15, 0.2) is 11.5 Å². The summed E-state index contributed by atoms with van der Waals surface area (Å²) in [5.74, 6) is 2.17. The lowest BCUT2D eigenvalue weighted by molar-refractivity contribution is 0.170. The highest BCUT2D eigenvalue weighted by Gasteiger charge is 2.18. The number of aliphatic hydroxyl groups is 1. The molecule has 1 aromatic carbocycles. The molecule has 0 fully saturated rings. The number of thiophene rings is 1. The third kappa shape index (κ3) is 2.39. The summed E-state index contributed by atoms with van der Waals surface area (Å²) in [6.07, 6.45) is -0.676. The SMILES string of the molecule is COc1csc(C(O)c2ccc3c(c2)OCCO3)c1. The number of hydrogen-bond donors (Lipinski definition) is 1. The summed E-state index contributed by atoms with van der Waals surface area (Å²) in [6, 6.07) is 7.35. The maximum Gasteiger partial charge on any atom is 0.161 e. The van der Waals surface area contributed by atoms with Gasteiger partial charge in [-0.15, -0.1) is 11.3 Å². The van der Waals surface area contributed by atoms with E-state index in [1.165, 1.54) is 11.3 Å². The van der Waals surface area contributed by atoms with Crippen molar-refractivity contribution in [1.82, 2.24) is 0 Å². The van der Waals surface area contributed by atoms with Crippen LogP contribution in [0.5, 0.6) is 17.2 Å². The number of fused-ring (bicyclic) bond motifs is 1. The van der Waals surface area contributed by atoms with Gasteiger partial charge in [0, 0.05) is 10.3 Å². The monoisotopic (exact) mass is 278 g/mol. The van der Waals surface area contributed by atoms with Gasteiger partial charge in [-0.05, 0) is 23.8 Å². The topological polar surface area (TPSA) is 47.9 Å². The standard InChI is InChI=1S/C14H14O4S/c1-16-10-7-13(19-8-10)14(15)9-2-3-11-12(6-9)18-5-4-17-11/h2-3,6-8,14-15H,4-5H2,1H3. The number of methoxy groups -OCH3 is 1. The van der Waals surface area contributed by atoms with Gasteiger partial charge in [-0.25, -0.2) is 0 Å².